The zero-order valence-electron chi connectivity index (χ0n) is 18.7. The third-order valence-electron chi connectivity index (χ3n) is 5.71. The SMILES string of the molecule is CCOP(=O)(CC[C@H]1O[C@H](Cc2ccc(N)cc2)[C@@H](C)[C@@H](C)[C@@H]1OC(C)=O)OCC. The maximum atomic E-state index is 12.9. The Kier molecular flexibility index (Phi) is 9.35. The largest absolute Gasteiger partial charge is 0.459 e. The van der Waals surface area contributed by atoms with E-state index in [-0.39, 0.29) is 36.2 Å². The first-order valence-electron chi connectivity index (χ1n) is 10.7. The van der Waals surface area contributed by atoms with Gasteiger partial charge in [0.15, 0.2) is 0 Å². The van der Waals surface area contributed by atoms with E-state index in [1.807, 2.05) is 24.3 Å². The number of esters is 1. The van der Waals surface area contributed by atoms with Gasteiger partial charge in [-0.1, -0.05) is 26.0 Å². The predicted octanol–water partition coefficient (Wildman–Crippen LogP) is 4.44. The highest BCUT2D eigenvalue weighted by Crippen LogP contribution is 2.49. The van der Waals surface area contributed by atoms with Gasteiger partial charge in [0.25, 0.3) is 0 Å². The summed E-state index contributed by atoms with van der Waals surface area (Å²) in [6.07, 6.45) is 0.519. The lowest BCUT2D eigenvalue weighted by Crippen LogP contribution is -2.51. The number of carbonyl (C=O) groups is 1. The van der Waals surface area contributed by atoms with E-state index in [1.165, 1.54) is 6.92 Å². The molecule has 0 unspecified atom stereocenters. The van der Waals surface area contributed by atoms with Crippen molar-refractivity contribution in [2.24, 2.45) is 11.8 Å². The molecule has 0 aromatic heterocycles. The number of hydrogen-bond acceptors (Lipinski definition) is 7. The molecule has 1 aliphatic heterocycles. The van der Waals surface area contributed by atoms with Gasteiger partial charge in [-0.05, 0) is 50.3 Å². The van der Waals surface area contributed by atoms with Crippen molar-refractivity contribution in [3.63, 3.8) is 0 Å². The standard InChI is InChI=1S/C22H36NO6P/c1-6-26-30(25,27-7-2)13-12-20-22(28-17(5)24)16(4)15(3)21(29-20)14-18-8-10-19(23)11-9-18/h8-11,15-16,20-22H,6-7,12-14,23H2,1-5H3/t15-,16+,20+,21+,22-/m0/s1. The summed E-state index contributed by atoms with van der Waals surface area (Å²) in [5, 5.41) is 0. The number of nitrogens with two attached hydrogens (primary N) is 1. The van der Waals surface area contributed by atoms with Gasteiger partial charge in [-0.25, -0.2) is 0 Å². The van der Waals surface area contributed by atoms with E-state index >= 15 is 0 Å². The lowest BCUT2D eigenvalue weighted by atomic mass is 9.79. The zero-order valence-corrected chi connectivity index (χ0v) is 19.6. The Labute approximate surface area is 180 Å². The second-order valence-electron chi connectivity index (χ2n) is 7.91. The summed E-state index contributed by atoms with van der Waals surface area (Å²) in [6.45, 7) is 9.79. The van der Waals surface area contributed by atoms with Crippen LogP contribution in [0.4, 0.5) is 5.69 Å². The minimum absolute atomic E-state index is 0.0565. The van der Waals surface area contributed by atoms with Crippen LogP contribution in [0.25, 0.3) is 0 Å². The van der Waals surface area contributed by atoms with Crippen molar-refractivity contribution >= 4 is 19.3 Å². The van der Waals surface area contributed by atoms with Gasteiger partial charge in [0.05, 0.1) is 31.6 Å². The number of ether oxygens (including phenoxy) is 2. The Balaban J connectivity index is 2.17. The molecule has 0 bridgehead atoms. The highest BCUT2D eigenvalue weighted by molar-refractivity contribution is 7.53. The van der Waals surface area contributed by atoms with Crippen molar-refractivity contribution < 1.29 is 27.9 Å². The summed E-state index contributed by atoms with van der Waals surface area (Å²) in [5.41, 5.74) is 7.65. The molecule has 2 N–H and O–H groups in total. The summed E-state index contributed by atoms with van der Waals surface area (Å²) in [5.74, 6) is -0.0822. The summed E-state index contributed by atoms with van der Waals surface area (Å²) in [4.78, 5) is 11.7. The number of hydrogen-bond donors (Lipinski definition) is 1. The topological polar surface area (TPSA) is 97.1 Å². The van der Waals surface area contributed by atoms with Crippen molar-refractivity contribution in [2.75, 3.05) is 25.1 Å². The highest BCUT2D eigenvalue weighted by atomic mass is 31.2. The number of benzene rings is 1. The first-order chi connectivity index (χ1) is 14.2. The summed E-state index contributed by atoms with van der Waals surface area (Å²) in [7, 11) is -3.21. The van der Waals surface area contributed by atoms with Crippen LogP contribution in [0.5, 0.6) is 0 Å². The number of carbonyl (C=O) groups excluding carboxylic acids is 1. The molecule has 0 radical (unpaired) electrons. The molecule has 1 fully saturated rings. The monoisotopic (exact) mass is 441 g/mol. The third kappa shape index (κ3) is 6.81. The molecule has 0 saturated carbocycles. The first-order valence-corrected chi connectivity index (χ1v) is 12.5. The van der Waals surface area contributed by atoms with E-state index in [9.17, 15) is 9.36 Å². The number of anilines is 1. The van der Waals surface area contributed by atoms with E-state index in [4.69, 9.17) is 24.3 Å². The van der Waals surface area contributed by atoms with Crippen LogP contribution in [0.1, 0.15) is 46.6 Å². The van der Waals surface area contributed by atoms with Crippen molar-refractivity contribution in [3.05, 3.63) is 29.8 Å². The highest BCUT2D eigenvalue weighted by Gasteiger charge is 2.44. The van der Waals surface area contributed by atoms with Crippen LogP contribution in [0.15, 0.2) is 24.3 Å². The average Bonchev–Trinajstić information content (AvgIpc) is 2.68. The van der Waals surface area contributed by atoms with Crippen LogP contribution >= 0.6 is 7.60 Å². The summed E-state index contributed by atoms with van der Waals surface area (Å²) < 4.78 is 35.8. The van der Waals surface area contributed by atoms with E-state index in [1.54, 1.807) is 13.8 Å². The van der Waals surface area contributed by atoms with E-state index in [0.29, 0.717) is 19.6 Å². The van der Waals surface area contributed by atoms with Gasteiger partial charge in [0.2, 0.25) is 0 Å². The van der Waals surface area contributed by atoms with Crippen molar-refractivity contribution in [2.45, 2.75) is 65.8 Å². The van der Waals surface area contributed by atoms with Gasteiger partial charge in [0.1, 0.15) is 6.10 Å². The van der Waals surface area contributed by atoms with Crippen molar-refractivity contribution in [1.82, 2.24) is 0 Å². The van der Waals surface area contributed by atoms with Gasteiger partial charge in [0, 0.05) is 18.5 Å². The van der Waals surface area contributed by atoms with Crippen molar-refractivity contribution in [3.8, 4) is 0 Å². The quantitative estimate of drug-likeness (QED) is 0.326. The normalized spacial score (nSPS) is 27.0. The lowest BCUT2D eigenvalue weighted by molar-refractivity contribution is -0.194. The second-order valence-corrected chi connectivity index (χ2v) is 10.1. The molecule has 30 heavy (non-hydrogen) atoms. The molecular weight excluding hydrogens is 405 g/mol. The Morgan fingerprint density at radius 1 is 1.07 bits per heavy atom. The van der Waals surface area contributed by atoms with Gasteiger partial charge in [-0.2, -0.15) is 0 Å². The van der Waals surface area contributed by atoms with Crippen LogP contribution in [-0.2, 0) is 34.3 Å². The lowest BCUT2D eigenvalue weighted by Gasteiger charge is -2.44. The Bertz CT molecular complexity index is 715. The Morgan fingerprint density at radius 2 is 1.67 bits per heavy atom. The molecule has 170 valence electrons. The van der Waals surface area contributed by atoms with Crippen LogP contribution in [0, 0.1) is 11.8 Å². The van der Waals surface area contributed by atoms with Crippen LogP contribution < -0.4 is 5.73 Å². The molecule has 8 heteroatoms. The summed E-state index contributed by atoms with van der Waals surface area (Å²) in [6, 6.07) is 7.76. The molecule has 5 atom stereocenters. The summed E-state index contributed by atoms with van der Waals surface area (Å²) >= 11 is 0. The van der Waals surface area contributed by atoms with Gasteiger partial charge < -0.3 is 24.3 Å². The fourth-order valence-corrected chi connectivity index (χ4v) is 5.66. The number of rotatable bonds is 10. The molecule has 1 aromatic rings. The third-order valence-corrected chi connectivity index (χ3v) is 7.82. The maximum Gasteiger partial charge on any atom is 0.330 e. The minimum Gasteiger partial charge on any atom is -0.459 e. The molecule has 0 aliphatic carbocycles. The smallest absolute Gasteiger partial charge is 0.330 e. The second kappa shape index (κ2) is 11.3. The van der Waals surface area contributed by atoms with Crippen LogP contribution in [-0.4, -0.2) is 43.7 Å². The Hall–Kier alpha value is -1.40. The van der Waals surface area contributed by atoms with E-state index in [2.05, 4.69) is 13.8 Å². The maximum absolute atomic E-state index is 12.9. The molecule has 1 aromatic carbocycles. The van der Waals surface area contributed by atoms with Gasteiger partial charge in [-0.15, -0.1) is 0 Å². The number of nitrogen functional groups attached to an aromatic ring is 1. The zero-order chi connectivity index (χ0) is 22.3. The molecule has 0 spiro atoms. The molecule has 2 rings (SSSR count). The molecule has 1 heterocycles. The van der Waals surface area contributed by atoms with Crippen molar-refractivity contribution in [1.29, 1.82) is 0 Å². The van der Waals surface area contributed by atoms with Gasteiger partial charge >= 0.3 is 13.6 Å². The van der Waals surface area contributed by atoms with Crippen LogP contribution in [0.2, 0.25) is 0 Å². The van der Waals surface area contributed by atoms with Gasteiger partial charge in [-0.3, -0.25) is 9.36 Å². The molecule has 1 aliphatic rings. The fraction of sp³-hybridized carbons (Fsp3) is 0.682. The van der Waals surface area contributed by atoms with Crippen LogP contribution in [0.3, 0.4) is 0 Å². The molecule has 7 nitrogen and oxygen atoms in total. The van der Waals surface area contributed by atoms with E-state index in [0.717, 1.165) is 17.7 Å². The predicted molar refractivity (Wildman–Crippen MR) is 117 cm³/mol. The minimum atomic E-state index is -3.21. The molecular formula is C22H36NO6P. The molecule has 1 saturated heterocycles. The average molecular weight is 442 g/mol. The first kappa shape index (κ1) is 24.9. The molecule has 0 amide bonds. The fourth-order valence-electron chi connectivity index (χ4n) is 3.97. The van der Waals surface area contributed by atoms with E-state index < -0.39 is 13.7 Å². The Morgan fingerprint density at radius 3 is 2.20 bits per heavy atom.